The maximum Gasteiger partial charge on any atom is 0.368 e. The second kappa shape index (κ2) is 4.93. The van der Waals surface area contributed by atoms with Crippen LogP contribution in [0.1, 0.15) is 19.3 Å². The molecule has 1 heterocycles. The first-order valence-electron chi connectivity index (χ1n) is 5.83. The van der Waals surface area contributed by atoms with Crippen LogP contribution in [0.4, 0.5) is 0 Å². The molecule has 0 amide bonds. The highest BCUT2D eigenvalue weighted by atomic mass is 32.1. The van der Waals surface area contributed by atoms with Crippen LogP contribution in [0, 0.1) is 0 Å². The van der Waals surface area contributed by atoms with E-state index in [-0.39, 0.29) is 0 Å². The SMILES string of the molecule is C[N+]1(C(=S)Oc2ccccc2)CCCCC1. The van der Waals surface area contributed by atoms with E-state index in [9.17, 15) is 0 Å². The molecule has 3 heteroatoms. The van der Waals surface area contributed by atoms with E-state index in [4.69, 9.17) is 17.0 Å². The van der Waals surface area contributed by atoms with Gasteiger partial charge < -0.3 is 4.74 Å². The largest absolute Gasteiger partial charge is 0.404 e. The summed E-state index contributed by atoms with van der Waals surface area (Å²) in [6, 6.07) is 9.81. The van der Waals surface area contributed by atoms with E-state index in [1.807, 2.05) is 30.3 Å². The number of nitrogens with zero attached hydrogens (tertiary/aromatic N) is 1. The Kier molecular flexibility index (Phi) is 3.56. The molecule has 0 atom stereocenters. The van der Waals surface area contributed by atoms with Gasteiger partial charge in [0, 0.05) is 12.2 Å². The van der Waals surface area contributed by atoms with Gasteiger partial charge in [0.25, 0.3) is 0 Å². The molecule has 0 aromatic heterocycles. The van der Waals surface area contributed by atoms with E-state index in [1.165, 1.54) is 19.3 Å². The number of ether oxygens (including phenoxy) is 1. The standard InChI is InChI=1S/C13H18NOS/c1-14(10-6-3-7-11-14)13(16)15-12-8-4-2-5-9-12/h2,4-5,8-9H,3,6-7,10-11H2,1H3/q+1. The molecular formula is C13H18NOS+. The van der Waals surface area contributed by atoms with Crippen LogP contribution >= 0.6 is 12.2 Å². The van der Waals surface area contributed by atoms with Gasteiger partial charge in [-0.2, -0.15) is 0 Å². The Labute approximate surface area is 102 Å². The molecule has 0 N–H and O–H groups in total. The predicted octanol–water partition coefficient (Wildman–Crippen LogP) is 2.98. The zero-order valence-electron chi connectivity index (χ0n) is 9.69. The Morgan fingerprint density at radius 2 is 1.75 bits per heavy atom. The van der Waals surface area contributed by atoms with E-state index in [0.29, 0.717) is 5.17 Å². The van der Waals surface area contributed by atoms with Crippen molar-refractivity contribution in [2.24, 2.45) is 0 Å². The summed E-state index contributed by atoms with van der Waals surface area (Å²) < 4.78 is 6.54. The summed E-state index contributed by atoms with van der Waals surface area (Å²) in [4.78, 5) is 0. The lowest BCUT2D eigenvalue weighted by atomic mass is 10.1. The van der Waals surface area contributed by atoms with Crippen LogP contribution < -0.4 is 4.74 Å². The number of thiocarbonyl (C=S) groups is 1. The van der Waals surface area contributed by atoms with E-state index in [0.717, 1.165) is 23.3 Å². The van der Waals surface area contributed by atoms with Gasteiger partial charge in [-0.25, -0.2) is 0 Å². The van der Waals surface area contributed by atoms with Crippen LogP contribution in [0.5, 0.6) is 5.75 Å². The topological polar surface area (TPSA) is 9.23 Å². The monoisotopic (exact) mass is 236 g/mol. The molecule has 0 radical (unpaired) electrons. The third kappa shape index (κ3) is 2.60. The third-order valence-corrected chi connectivity index (χ3v) is 3.72. The number of likely N-dealkylation sites (tertiary alicyclic amines) is 1. The van der Waals surface area contributed by atoms with E-state index in [2.05, 4.69) is 7.05 Å². The van der Waals surface area contributed by atoms with Crippen molar-refractivity contribution in [3.05, 3.63) is 30.3 Å². The van der Waals surface area contributed by atoms with Crippen molar-refractivity contribution in [3.8, 4) is 5.75 Å². The summed E-state index contributed by atoms with van der Waals surface area (Å²) in [6.07, 6.45) is 3.81. The Bertz CT molecular complexity index is 357. The molecule has 0 spiro atoms. The van der Waals surface area contributed by atoms with Gasteiger partial charge in [-0.3, -0.25) is 4.48 Å². The van der Waals surface area contributed by atoms with Crippen molar-refractivity contribution >= 4 is 17.4 Å². The Balaban J connectivity index is 2.02. The first-order valence-corrected chi connectivity index (χ1v) is 6.23. The van der Waals surface area contributed by atoms with Gasteiger partial charge in [-0.15, -0.1) is 0 Å². The van der Waals surface area contributed by atoms with Crippen LogP contribution in [-0.4, -0.2) is 29.8 Å². The molecule has 1 fully saturated rings. The summed E-state index contributed by atoms with van der Waals surface area (Å²) in [6.45, 7) is 2.21. The number of quaternary nitrogens is 1. The highest BCUT2D eigenvalue weighted by molar-refractivity contribution is 7.79. The highest BCUT2D eigenvalue weighted by Crippen LogP contribution is 2.20. The normalized spacial score (nSPS) is 19.1. The number of para-hydroxylation sites is 1. The van der Waals surface area contributed by atoms with Crippen molar-refractivity contribution in [1.29, 1.82) is 0 Å². The van der Waals surface area contributed by atoms with Crippen molar-refractivity contribution in [3.63, 3.8) is 0 Å². The summed E-state index contributed by atoms with van der Waals surface area (Å²) in [5, 5.41) is 0.700. The average Bonchev–Trinajstić information content (AvgIpc) is 2.31. The van der Waals surface area contributed by atoms with Gasteiger partial charge in [0.1, 0.15) is 5.75 Å². The quantitative estimate of drug-likeness (QED) is 0.547. The molecule has 0 aliphatic carbocycles. The number of hydrogen-bond donors (Lipinski definition) is 0. The van der Waals surface area contributed by atoms with Crippen molar-refractivity contribution in [2.45, 2.75) is 19.3 Å². The maximum absolute atomic E-state index is 5.76. The zero-order chi connectivity index (χ0) is 11.4. The number of benzene rings is 1. The fourth-order valence-electron chi connectivity index (χ4n) is 2.09. The van der Waals surface area contributed by atoms with Gasteiger partial charge in [0.2, 0.25) is 0 Å². The van der Waals surface area contributed by atoms with Gasteiger partial charge >= 0.3 is 5.17 Å². The third-order valence-electron chi connectivity index (χ3n) is 3.19. The zero-order valence-corrected chi connectivity index (χ0v) is 10.5. The smallest absolute Gasteiger partial charge is 0.368 e. The molecule has 1 saturated heterocycles. The summed E-state index contributed by atoms with van der Waals surface area (Å²) in [5.41, 5.74) is 0. The predicted molar refractivity (Wildman–Crippen MR) is 69.4 cm³/mol. The first kappa shape index (κ1) is 11.6. The maximum atomic E-state index is 5.76. The number of rotatable bonds is 1. The average molecular weight is 236 g/mol. The molecule has 1 aliphatic rings. The van der Waals surface area contributed by atoms with Crippen molar-refractivity contribution < 1.29 is 9.22 Å². The van der Waals surface area contributed by atoms with Crippen LogP contribution in [-0.2, 0) is 0 Å². The minimum absolute atomic E-state index is 0.700. The lowest BCUT2D eigenvalue weighted by Gasteiger charge is -2.35. The van der Waals surface area contributed by atoms with Crippen LogP contribution in [0.3, 0.4) is 0 Å². The molecule has 1 aliphatic heterocycles. The molecule has 1 aromatic carbocycles. The second-order valence-corrected chi connectivity index (χ2v) is 4.93. The molecule has 16 heavy (non-hydrogen) atoms. The van der Waals surface area contributed by atoms with Gasteiger partial charge in [0.15, 0.2) is 0 Å². The van der Waals surface area contributed by atoms with Crippen LogP contribution in [0.25, 0.3) is 0 Å². The second-order valence-electron chi connectivity index (χ2n) is 4.58. The van der Waals surface area contributed by atoms with Crippen LogP contribution in [0.2, 0.25) is 0 Å². The molecule has 2 nitrogen and oxygen atoms in total. The molecule has 86 valence electrons. The molecule has 0 saturated carbocycles. The van der Waals surface area contributed by atoms with E-state index in [1.54, 1.807) is 0 Å². The van der Waals surface area contributed by atoms with Gasteiger partial charge in [-0.1, -0.05) is 18.2 Å². The summed E-state index contributed by atoms with van der Waals surface area (Å²) >= 11 is 5.42. The minimum Gasteiger partial charge on any atom is -0.404 e. The Hall–Kier alpha value is -0.930. The number of piperidine rings is 1. The molecule has 1 aromatic rings. The van der Waals surface area contributed by atoms with Crippen molar-refractivity contribution in [1.82, 2.24) is 0 Å². The Morgan fingerprint density at radius 3 is 2.38 bits per heavy atom. The lowest BCUT2D eigenvalue weighted by Crippen LogP contribution is -2.53. The fraction of sp³-hybridized carbons (Fsp3) is 0.462. The van der Waals surface area contributed by atoms with Gasteiger partial charge in [0.05, 0.1) is 20.1 Å². The molecule has 2 rings (SSSR count). The van der Waals surface area contributed by atoms with E-state index < -0.39 is 0 Å². The lowest BCUT2D eigenvalue weighted by molar-refractivity contribution is -0.831. The number of hydrogen-bond acceptors (Lipinski definition) is 2. The van der Waals surface area contributed by atoms with E-state index >= 15 is 0 Å². The van der Waals surface area contributed by atoms with Gasteiger partial charge in [-0.05, 0) is 31.4 Å². The molecular weight excluding hydrogens is 218 g/mol. The molecule has 0 unspecified atom stereocenters. The first-order chi connectivity index (χ1) is 7.71. The summed E-state index contributed by atoms with van der Waals surface area (Å²) in [5.74, 6) is 0.845. The Morgan fingerprint density at radius 1 is 1.12 bits per heavy atom. The summed E-state index contributed by atoms with van der Waals surface area (Å²) in [7, 11) is 2.17. The van der Waals surface area contributed by atoms with Crippen LogP contribution in [0.15, 0.2) is 30.3 Å². The minimum atomic E-state index is 0.700. The molecule has 0 bridgehead atoms. The highest BCUT2D eigenvalue weighted by Gasteiger charge is 2.32. The van der Waals surface area contributed by atoms with Crippen molar-refractivity contribution in [2.75, 3.05) is 20.1 Å². The fourth-order valence-corrected chi connectivity index (χ4v) is 2.37.